The van der Waals surface area contributed by atoms with Crippen LogP contribution in [0.5, 0.6) is 0 Å². The van der Waals surface area contributed by atoms with Gasteiger partial charge < -0.3 is 10.6 Å². The van der Waals surface area contributed by atoms with Crippen LogP contribution >= 0.6 is 0 Å². The second kappa shape index (κ2) is 6.68. The average molecular weight is 259 g/mol. The molecular formula is C14H17N3O2. The van der Waals surface area contributed by atoms with Crippen LogP contribution in [-0.4, -0.2) is 29.4 Å². The molecule has 100 valence electrons. The fraction of sp³-hybridized carbons (Fsp3) is 0.357. The molecule has 5 nitrogen and oxygen atoms in total. The normalized spacial score (nSPS) is 19.8. The highest BCUT2D eigenvalue weighted by Crippen LogP contribution is 2.05. The molecular weight excluding hydrogens is 242 g/mol. The van der Waals surface area contributed by atoms with Crippen molar-refractivity contribution in [3.05, 3.63) is 36.2 Å². The Balaban J connectivity index is 1.90. The minimum Gasteiger partial charge on any atom is -0.354 e. The van der Waals surface area contributed by atoms with Crippen molar-refractivity contribution in [1.82, 2.24) is 15.6 Å². The lowest BCUT2D eigenvalue weighted by Gasteiger charge is -2.13. The lowest BCUT2D eigenvalue weighted by molar-refractivity contribution is -0.126. The summed E-state index contributed by atoms with van der Waals surface area (Å²) in [6.45, 7) is 0.691. The molecule has 2 rings (SSSR count). The van der Waals surface area contributed by atoms with E-state index >= 15 is 0 Å². The van der Waals surface area contributed by atoms with E-state index in [-0.39, 0.29) is 11.8 Å². The van der Waals surface area contributed by atoms with Gasteiger partial charge in [0.05, 0.1) is 0 Å². The molecule has 0 unspecified atom stereocenters. The quantitative estimate of drug-likeness (QED) is 0.792. The van der Waals surface area contributed by atoms with Crippen LogP contribution in [0.25, 0.3) is 6.08 Å². The predicted molar refractivity (Wildman–Crippen MR) is 72.1 cm³/mol. The summed E-state index contributed by atoms with van der Waals surface area (Å²) in [5.41, 5.74) is 0.850. The smallest absolute Gasteiger partial charge is 0.244 e. The molecule has 0 radical (unpaired) electrons. The van der Waals surface area contributed by atoms with E-state index < -0.39 is 6.04 Å². The Labute approximate surface area is 112 Å². The summed E-state index contributed by atoms with van der Waals surface area (Å²) in [5.74, 6) is -0.355. The van der Waals surface area contributed by atoms with Gasteiger partial charge in [0.2, 0.25) is 11.8 Å². The first-order chi connectivity index (χ1) is 9.25. The van der Waals surface area contributed by atoms with Crippen molar-refractivity contribution in [2.75, 3.05) is 6.54 Å². The minimum atomic E-state index is -0.423. The summed E-state index contributed by atoms with van der Waals surface area (Å²) in [6, 6.07) is 3.24. The third-order valence-electron chi connectivity index (χ3n) is 2.96. The van der Waals surface area contributed by atoms with Gasteiger partial charge in [0, 0.05) is 25.0 Å². The maximum absolute atomic E-state index is 11.7. The van der Waals surface area contributed by atoms with E-state index in [9.17, 15) is 9.59 Å². The molecule has 5 heteroatoms. The van der Waals surface area contributed by atoms with E-state index in [2.05, 4.69) is 15.6 Å². The Hall–Kier alpha value is -2.17. The zero-order valence-electron chi connectivity index (χ0n) is 10.6. The van der Waals surface area contributed by atoms with Crippen LogP contribution in [0, 0.1) is 0 Å². The predicted octanol–water partition coefficient (Wildman–Crippen LogP) is 0.880. The Morgan fingerprint density at radius 1 is 1.47 bits per heavy atom. The van der Waals surface area contributed by atoms with Gasteiger partial charge in [-0.25, -0.2) is 0 Å². The molecule has 0 spiro atoms. The molecule has 0 bridgehead atoms. The van der Waals surface area contributed by atoms with Crippen molar-refractivity contribution in [1.29, 1.82) is 0 Å². The monoisotopic (exact) mass is 259 g/mol. The summed E-state index contributed by atoms with van der Waals surface area (Å²) in [4.78, 5) is 27.4. The van der Waals surface area contributed by atoms with Crippen molar-refractivity contribution in [2.24, 2.45) is 0 Å². The van der Waals surface area contributed by atoms with Crippen LogP contribution < -0.4 is 10.6 Å². The first-order valence-electron chi connectivity index (χ1n) is 6.42. The third kappa shape index (κ3) is 4.21. The Bertz CT molecular complexity index is 471. The molecule has 19 heavy (non-hydrogen) atoms. The van der Waals surface area contributed by atoms with Gasteiger partial charge >= 0.3 is 0 Å². The zero-order valence-corrected chi connectivity index (χ0v) is 10.6. The maximum Gasteiger partial charge on any atom is 0.244 e. The van der Waals surface area contributed by atoms with E-state index in [1.807, 2.05) is 6.07 Å². The Morgan fingerprint density at radius 2 is 2.37 bits per heavy atom. The zero-order chi connectivity index (χ0) is 13.5. The fourth-order valence-electron chi connectivity index (χ4n) is 1.94. The highest BCUT2D eigenvalue weighted by molar-refractivity contribution is 5.95. The van der Waals surface area contributed by atoms with Crippen LogP contribution in [0.2, 0.25) is 0 Å². The minimum absolute atomic E-state index is 0.0966. The van der Waals surface area contributed by atoms with Crippen LogP contribution in [0.15, 0.2) is 30.6 Å². The molecule has 2 heterocycles. The summed E-state index contributed by atoms with van der Waals surface area (Å²) < 4.78 is 0. The van der Waals surface area contributed by atoms with Crippen LogP contribution in [0.4, 0.5) is 0 Å². The van der Waals surface area contributed by atoms with Gasteiger partial charge in [-0.15, -0.1) is 0 Å². The molecule has 0 aliphatic carbocycles. The first kappa shape index (κ1) is 13.3. The summed E-state index contributed by atoms with van der Waals surface area (Å²) in [6.07, 6.45) is 9.04. The average Bonchev–Trinajstić information content (AvgIpc) is 2.63. The molecule has 2 N–H and O–H groups in total. The van der Waals surface area contributed by atoms with Crippen LogP contribution in [0.1, 0.15) is 24.8 Å². The van der Waals surface area contributed by atoms with Crippen molar-refractivity contribution in [3.63, 3.8) is 0 Å². The number of hydrogen-bond acceptors (Lipinski definition) is 3. The molecule has 1 aliphatic heterocycles. The number of pyridine rings is 1. The van der Waals surface area contributed by atoms with Gasteiger partial charge in [-0.1, -0.05) is 6.07 Å². The summed E-state index contributed by atoms with van der Waals surface area (Å²) in [5, 5.41) is 5.51. The highest BCUT2D eigenvalue weighted by Gasteiger charge is 2.21. The highest BCUT2D eigenvalue weighted by atomic mass is 16.2. The van der Waals surface area contributed by atoms with Gasteiger partial charge in [-0.2, -0.15) is 0 Å². The molecule has 2 amide bonds. The topological polar surface area (TPSA) is 71.1 Å². The number of carbonyl (C=O) groups is 2. The fourth-order valence-corrected chi connectivity index (χ4v) is 1.94. The Morgan fingerprint density at radius 3 is 3.16 bits per heavy atom. The van der Waals surface area contributed by atoms with Crippen LogP contribution in [-0.2, 0) is 9.59 Å². The molecule has 1 aromatic rings. The first-order valence-corrected chi connectivity index (χ1v) is 6.42. The van der Waals surface area contributed by atoms with E-state index in [1.165, 1.54) is 6.08 Å². The van der Waals surface area contributed by atoms with Crippen molar-refractivity contribution in [3.8, 4) is 0 Å². The molecule has 1 aromatic heterocycles. The second-order valence-electron chi connectivity index (χ2n) is 4.47. The summed E-state index contributed by atoms with van der Waals surface area (Å²) >= 11 is 0. The second-order valence-corrected chi connectivity index (χ2v) is 4.47. The SMILES string of the molecule is O=C(C=Cc1cccnc1)N[C@@H]1CCCCNC1=O. The van der Waals surface area contributed by atoms with Crippen molar-refractivity contribution >= 4 is 17.9 Å². The largest absolute Gasteiger partial charge is 0.354 e. The van der Waals surface area contributed by atoms with Gasteiger partial charge in [-0.05, 0) is 37.0 Å². The van der Waals surface area contributed by atoms with Gasteiger partial charge in [0.25, 0.3) is 0 Å². The number of carbonyl (C=O) groups excluding carboxylic acids is 2. The third-order valence-corrected chi connectivity index (χ3v) is 2.96. The number of amides is 2. The lowest BCUT2D eigenvalue weighted by Crippen LogP contribution is -2.44. The van der Waals surface area contributed by atoms with Gasteiger partial charge in [-0.3, -0.25) is 14.6 Å². The number of nitrogens with one attached hydrogen (secondary N) is 2. The molecule has 1 atom stereocenters. The van der Waals surface area contributed by atoms with Gasteiger partial charge in [0.1, 0.15) is 6.04 Å². The van der Waals surface area contributed by atoms with E-state index in [0.717, 1.165) is 18.4 Å². The van der Waals surface area contributed by atoms with Gasteiger partial charge in [0.15, 0.2) is 0 Å². The molecule has 1 saturated heterocycles. The van der Waals surface area contributed by atoms with E-state index in [1.54, 1.807) is 24.5 Å². The number of rotatable bonds is 3. The number of aromatic nitrogens is 1. The summed E-state index contributed by atoms with van der Waals surface area (Å²) in [7, 11) is 0. The maximum atomic E-state index is 11.7. The van der Waals surface area contributed by atoms with E-state index in [0.29, 0.717) is 13.0 Å². The standard InChI is InChI=1S/C14H17N3O2/c18-13(7-6-11-4-3-8-15-10-11)17-12-5-1-2-9-16-14(12)19/h3-4,6-8,10,12H,1-2,5,9H2,(H,16,19)(H,17,18)/t12-/m1/s1. The number of hydrogen-bond donors (Lipinski definition) is 2. The van der Waals surface area contributed by atoms with Crippen molar-refractivity contribution < 1.29 is 9.59 Å². The van der Waals surface area contributed by atoms with Crippen LogP contribution in [0.3, 0.4) is 0 Å². The van der Waals surface area contributed by atoms with E-state index in [4.69, 9.17) is 0 Å². The number of nitrogens with zero attached hydrogens (tertiary/aromatic N) is 1. The van der Waals surface area contributed by atoms with Crippen molar-refractivity contribution in [2.45, 2.75) is 25.3 Å². The molecule has 0 saturated carbocycles. The molecule has 1 aliphatic rings. The molecule has 1 fully saturated rings. The Kier molecular flexibility index (Phi) is 4.66. The molecule has 0 aromatic carbocycles. The lowest BCUT2D eigenvalue weighted by atomic mass is 10.1.